The summed E-state index contributed by atoms with van der Waals surface area (Å²) in [5.41, 5.74) is 0. The van der Waals surface area contributed by atoms with Crippen molar-refractivity contribution in [3.63, 3.8) is 0 Å². The van der Waals surface area contributed by atoms with Gasteiger partial charge >= 0.3 is 5.97 Å². The first-order valence-electron chi connectivity index (χ1n) is 8.94. The van der Waals surface area contributed by atoms with Crippen LogP contribution in [0.1, 0.15) is 32.1 Å². The number of carbonyl (C=O) groups is 2. The van der Waals surface area contributed by atoms with Crippen molar-refractivity contribution in [2.45, 2.75) is 32.1 Å². The van der Waals surface area contributed by atoms with E-state index < -0.39 is 5.97 Å². The highest BCUT2D eigenvalue weighted by Crippen LogP contribution is 2.21. The van der Waals surface area contributed by atoms with Gasteiger partial charge in [0.25, 0.3) is 0 Å². The molecule has 0 bridgehead atoms. The van der Waals surface area contributed by atoms with Gasteiger partial charge in [0, 0.05) is 19.0 Å². The van der Waals surface area contributed by atoms with Crippen LogP contribution >= 0.6 is 0 Å². The number of anilines is 2. The minimum absolute atomic E-state index is 0.0394. The van der Waals surface area contributed by atoms with Crippen molar-refractivity contribution in [1.82, 2.24) is 14.9 Å². The number of rotatable bonds is 5. The highest BCUT2D eigenvalue weighted by Gasteiger charge is 2.26. The lowest BCUT2D eigenvalue weighted by atomic mass is 9.96. The fourth-order valence-electron chi connectivity index (χ4n) is 3.46. The number of carboxylic acids is 1. The summed E-state index contributed by atoms with van der Waals surface area (Å²) < 4.78 is 0. The first-order valence-corrected chi connectivity index (χ1v) is 8.94. The monoisotopic (exact) mass is 347 g/mol. The van der Waals surface area contributed by atoms with Crippen molar-refractivity contribution in [1.29, 1.82) is 0 Å². The van der Waals surface area contributed by atoms with Crippen LogP contribution < -0.4 is 10.2 Å². The van der Waals surface area contributed by atoms with Crippen LogP contribution in [0.15, 0.2) is 12.4 Å². The number of carbonyl (C=O) groups excluding carboxylic acids is 1. The number of nitrogens with zero attached hydrogens (tertiary/aromatic N) is 4. The summed E-state index contributed by atoms with van der Waals surface area (Å²) in [6.07, 6.45) is 8.22. The van der Waals surface area contributed by atoms with Gasteiger partial charge in [-0.25, -0.2) is 4.98 Å². The van der Waals surface area contributed by atoms with Crippen molar-refractivity contribution in [2.75, 3.05) is 42.9 Å². The Bertz CT molecular complexity index is 610. The van der Waals surface area contributed by atoms with Gasteiger partial charge in [-0.05, 0) is 45.2 Å². The van der Waals surface area contributed by atoms with Crippen LogP contribution in [0.25, 0.3) is 0 Å². The topological polar surface area (TPSA) is 98.7 Å². The fourth-order valence-corrected chi connectivity index (χ4v) is 3.46. The first-order chi connectivity index (χ1) is 12.1. The standard InChI is InChI=1S/C17H25N5O3/c23-16(24)12-21-8-4-13(5-9-21)17(25)20-14-10-18-11-15(19-14)22-6-2-1-3-7-22/h10-11,13H,1-9,12H2,(H,23,24)(H,19,20,25). The molecule has 2 N–H and O–H groups in total. The molecule has 0 atom stereocenters. The van der Waals surface area contributed by atoms with E-state index in [0.717, 1.165) is 31.7 Å². The number of carboxylic acid groups (broad SMARTS) is 1. The van der Waals surface area contributed by atoms with E-state index in [0.29, 0.717) is 31.7 Å². The molecule has 2 saturated heterocycles. The third kappa shape index (κ3) is 4.88. The quantitative estimate of drug-likeness (QED) is 0.826. The molecule has 1 aromatic rings. The molecule has 2 aliphatic heterocycles. The molecule has 0 radical (unpaired) electrons. The largest absolute Gasteiger partial charge is 0.480 e. The van der Waals surface area contributed by atoms with Crippen molar-refractivity contribution in [2.24, 2.45) is 5.92 Å². The molecular weight excluding hydrogens is 322 g/mol. The Kier molecular flexibility index (Phi) is 5.80. The van der Waals surface area contributed by atoms with Crippen LogP contribution in [0.3, 0.4) is 0 Å². The number of nitrogens with one attached hydrogen (secondary N) is 1. The Labute approximate surface area is 147 Å². The number of hydrogen-bond acceptors (Lipinski definition) is 6. The second kappa shape index (κ2) is 8.24. The Balaban J connectivity index is 1.54. The van der Waals surface area contributed by atoms with E-state index in [2.05, 4.69) is 20.2 Å². The lowest BCUT2D eigenvalue weighted by Gasteiger charge is -2.30. The maximum absolute atomic E-state index is 12.5. The predicted octanol–water partition coefficient (Wildman–Crippen LogP) is 1.20. The molecule has 0 unspecified atom stereocenters. The molecule has 3 heterocycles. The molecule has 2 fully saturated rings. The molecule has 0 aromatic carbocycles. The van der Waals surface area contributed by atoms with Crippen molar-refractivity contribution in [3.8, 4) is 0 Å². The van der Waals surface area contributed by atoms with Crippen LogP contribution in [-0.2, 0) is 9.59 Å². The van der Waals surface area contributed by atoms with Gasteiger partial charge in [-0.3, -0.25) is 19.5 Å². The molecule has 0 spiro atoms. The number of hydrogen-bond donors (Lipinski definition) is 2. The van der Waals surface area contributed by atoms with Gasteiger partial charge in [-0.2, -0.15) is 0 Å². The van der Waals surface area contributed by atoms with Gasteiger partial charge in [0.05, 0.1) is 18.9 Å². The second-order valence-electron chi connectivity index (χ2n) is 6.74. The van der Waals surface area contributed by atoms with Gasteiger partial charge in [-0.1, -0.05) is 0 Å². The summed E-state index contributed by atoms with van der Waals surface area (Å²) in [5.74, 6) is 0.313. The van der Waals surface area contributed by atoms with E-state index >= 15 is 0 Å². The van der Waals surface area contributed by atoms with Crippen LogP contribution in [0.2, 0.25) is 0 Å². The van der Waals surface area contributed by atoms with Crippen molar-refractivity contribution < 1.29 is 14.7 Å². The minimum atomic E-state index is -0.826. The number of likely N-dealkylation sites (tertiary alicyclic amines) is 1. The average Bonchev–Trinajstić information content (AvgIpc) is 2.63. The molecule has 8 heteroatoms. The highest BCUT2D eigenvalue weighted by atomic mass is 16.4. The lowest BCUT2D eigenvalue weighted by molar-refractivity contribution is -0.138. The zero-order valence-electron chi connectivity index (χ0n) is 14.4. The van der Waals surface area contributed by atoms with Crippen LogP contribution in [0, 0.1) is 5.92 Å². The van der Waals surface area contributed by atoms with Crippen LogP contribution in [0.5, 0.6) is 0 Å². The van der Waals surface area contributed by atoms with E-state index in [9.17, 15) is 9.59 Å². The highest BCUT2D eigenvalue weighted by molar-refractivity contribution is 5.91. The fraction of sp³-hybridized carbons (Fsp3) is 0.647. The predicted molar refractivity (Wildman–Crippen MR) is 93.5 cm³/mol. The Morgan fingerprint density at radius 2 is 1.84 bits per heavy atom. The van der Waals surface area contributed by atoms with Gasteiger partial charge in [0.2, 0.25) is 5.91 Å². The molecular formula is C17H25N5O3. The third-order valence-corrected chi connectivity index (χ3v) is 4.87. The number of aliphatic carboxylic acids is 1. The Hall–Kier alpha value is -2.22. The maximum atomic E-state index is 12.5. The zero-order valence-corrected chi connectivity index (χ0v) is 14.4. The third-order valence-electron chi connectivity index (χ3n) is 4.87. The normalized spacial score (nSPS) is 19.6. The van der Waals surface area contributed by atoms with Gasteiger partial charge in [0.1, 0.15) is 5.82 Å². The van der Waals surface area contributed by atoms with Gasteiger partial charge in [-0.15, -0.1) is 0 Å². The van der Waals surface area contributed by atoms with Crippen molar-refractivity contribution in [3.05, 3.63) is 12.4 Å². The van der Waals surface area contributed by atoms with Crippen molar-refractivity contribution >= 4 is 23.5 Å². The van der Waals surface area contributed by atoms with E-state index in [1.165, 1.54) is 6.42 Å². The lowest BCUT2D eigenvalue weighted by Crippen LogP contribution is -2.40. The number of amides is 1. The van der Waals surface area contributed by atoms with Gasteiger partial charge in [0.15, 0.2) is 5.82 Å². The first kappa shape index (κ1) is 17.6. The molecule has 0 saturated carbocycles. The van der Waals surface area contributed by atoms with E-state index in [-0.39, 0.29) is 18.4 Å². The Morgan fingerprint density at radius 1 is 1.12 bits per heavy atom. The molecule has 25 heavy (non-hydrogen) atoms. The van der Waals surface area contributed by atoms with Gasteiger partial charge < -0.3 is 15.3 Å². The molecule has 136 valence electrons. The summed E-state index contributed by atoms with van der Waals surface area (Å²) in [7, 11) is 0. The SMILES string of the molecule is O=C(O)CN1CCC(C(=O)Nc2cncc(N3CCCCC3)n2)CC1. The summed E-state index contributed by atoms with van der Waals surface area (Å²) in [5, 5.41) is 11.7. The summed E-state index contributed by atoms with van der Waals surface area (Å²) in [6.45, 7) is 3.26. The van der Waals surface area contributed by atoms with Crippen LogP contribution in [0.4, 0.5) is 11.6 Å². The number of piperidine rings is 2. The molecule has 1 aromatic heterocycles. The van der Waals surface area contributed by atoms with E-state index in [1.54, 1.807) is 12.4 Å². The number of aromatic nitrogens is 2. The summed E-state index contributed by atoms with van der Waals surface area (Å²) >= 11 is 0. The maximum Gasteiger partial charge on any atom is 0.317 e. The smallest absolute Gasteiger partial charge is 0.317 e. The molecule has 1 amide bonds. The van der Waals surface area contributed by atoms with Crippen LogP contribution in [-0.4, -0.2) is 64.6 Å². The summed E-state index contributed by atoms with van der Waals surface area (Å²) in [6, 6.07) is 0. The Morgan fingerprint density at radius 3 is 2.52 bits per heavy atom. The molecule has 8 nitrogen and oxygen atoms in total. The average molecular weight is 347 g/mol. The van der Waals surface area contributed by atoms with E-state index in [4.69, 9.17) is 5.11 Å². The molecule has 0 aliphatic carbocycles. The van der Waals surface area contributed by atoms with E-state index in [1.807, 2.05) is 4.90 Å². The molecule has 3 rings (SSSR count). The summed E-state index contributed by atoms with van der Waals surface area (Å²) in [4.78, 5) is 36.0. The zero-order chi connectivity index (χ0) is 17.6. The molecule has 2 aliphatic rings. The second-order valence-corrected chi connectivity index (χ2v) is 6.74. The minimum Gasteiger partial charge on any atom is -0.480 e.